The molecule has 0 spiro atoms. The Labute approximate surface area is 133 Å². The molecule has 0 aromatic heterocycles. The number of hydrogen-bond donors (Lipinski definition) is 1. The zero-order valence-electron chi connectivity index (χ0n) is 13.4. The van der Waals surface area contributed by atoms with Crippen LogP contribution in [0, 0.1) is 0 Å². The summed E-state index contributed by atoms with van der Waals surface area (Å²) < 4.78 is 0. The molecule has 0 bridgehead atoms. The van der Waals surface area contributed by atoms with Crippen LogP contribution in [0.3, 0.4) is 0 Å². The van der Waals surface area contributed by atoms with Crippen molar-refractivity contribution < 1.29 is 14.4 Å². The molecule has 0 atom stereocenters. The quantitative estimate of drug-likeness (QED) is 0.793. The van der Waals surface area contributed by atoms with E-state index < -0.39 is 6.03 Å². The lowest BCUT2D eigenvalue weighted by Gasteiger charge is -2.19. The highest BCUT2D eigenvalue weighted by atomic mass is 16.2. The lowest BCUT2D eigenvalue weighted by atomic mass is 10.1. The maximum atomic E-state index is 12.1. The van der Waals surface area contributed by atoms with Crippen molar-refractivity contribution in [2.75, 3.05) is 6.54 Å². The van der Waals surface area contributed by atoms with Crippen molar-refractivity contribution in [2.24, 2.45) is 0 Å². The van der Waals surface area contributed by atoms with Crippen molar-refractivity contribution in [1.29, 1.82) is 0 Å². The molecule has 1 aliphatic heterocycles. The number of carbonyl (C=O) groups excluding carboxylic acids is 3. The number of rotatable bonds is 2. The van der Waals surface area contributed by atoms with Crippen LogP contribution in [0.4, 0.5) is 4.79 Å². The van der Waals surface area contributed by atoms with E-state index >= 15 is 0 Å². The molecule has 4 amide bonds. The molecule has 22 heavy (non-hydrogen) atoms. The van der Waals surface area contributed by atoms with Gasteiger partial charge in [0.05, 0.1) is 0 Å². The van der Waals surface area contributed by atoms with Gasteiger partial charge in [0.15, 0.2) is 0 Å². The number of carbonyl (C=O) groups is 3. The summed E-state index contributed by atoms with van der Waals surface area (Å²) in [6.45, 7) is 3.70. The van der Waals surface area contributed by atoms with Gasteiger partial charge < -0.3 is 0 Å². The Bertz CT molecular complexity index is 393. The summed E-state index contributed by atoms with van der Waals surface area (Å²) in [6.07, 6.45) is 11.7. The number of nitrogens with zero attached hydrogens (tertiary/aromatic N) is 1. The van der Waals surface area contributed by atoms with Gasteiger partial charge in [-0.25, -0.2) is 4.79 Å². The average Bonchev–Trinajstić information content (AvgIpc) is 2.48. The first-order chi connectivity index (χ1) is 10.6. The van der Waals surface area contributed by atoms with Crippen LogP contribution in [0.15, 0.2) is 12.7 Å². The first-order valence-corrected chi connectivity index (χ1v) is 8.40. The standard InChI is InChI=1S/C17H28N2O3/c1-2-14-19-16(21)13-11-9-7-5-3-4-6-8-10-12-15(20)18-17(19)22/h2H,1,3-14H2,(H,18,20,22). The SMILES string of the molecule is C=CCN1C(=O)CCCCCCCCCCCC(=O)NC1=O. The van der Waals surface area contributed by atoms with Crippen molar-refractivity contribution in [2.45, 2.75) is 70.6 Å². The zero-order chi connectivity index (χ0) is 16.2. The van der Waals surface area contributed by atoms with Gasteiger partial charge in [-0.1, -0.05) is 51.0 Å². The summed E-state index contributed by atoms with van der Waals surface area (Å²) in [5.74, 6) is -0.545. The topological polar surface area (TPSA) is 66.5 Å². The summed E-state index contributed by atoms with van der Waals surface area (Å²) in [5.41, 5.74) is 0. The van der Waals surface area contributed by atoms with Gasteiger partial charge in [-0.15, -0.1) is 6.58 Å². The van der Waals surface area contributed by atoms with E-state index in [0.29, 0.717) is 12.8 Å². The Morgan fingerprint density at radius 1 is 0.864 bits per heavy atom. The minimum atomic E-state index is -0.623. The van der Waals surface area contributed by atoms with Crippen LogP contribution in [0.25, 0.3) is 0 Å². The van der Waals surface area contributed by atoms with E-state index in [1.165, 1.54) is 25.3 Å². The fourth-order valence-corrected chi connectivity index (χ4v) is 2.61. The van der Waals surface area contributed by atoms with Gasteiger partial charge in [0, 0.05) is 19.4 Å². The Balaban J connectivity index is 2.60. The van der Waals surface area contributed by atoms with Gasteiger partial charge in [0.1, 0.15) is 0 Å². The molecular weight excluding hydrogens is 280 g/mol. The maximum absolute atomic E-state index is 12.1. The van der Waals surface area contributed by atoms with Crippen molar-refractivity contribution in [3.63, 3.8) is 0 Å². The third-order valence-corrected chi connectivity index (χ3v) is 3.90. The third kappa shape index (κ3) is 7.38. The zero-order valence-corrected chi connectivity index (χ0v) is 13.4. The number of hydrogen-bond acceptors (Lipinski definition) is 3. The highest BCUT2D eigenvalue weighted by Gasteiger charge is 2.21. The molecule has 1 heterocycles. The molecule has 0 unspecified atom stereocenters. The Kier molecular flexibility index (Phi) is 9.19. The third-order valence-electron chi connectivity index (χ3n) is 3.90. The Hall–Kier alpha value is -1.65. The minimum Gasteiger partial charge on any atom is -0.278 e. The molecule has 1 N–H and O–H groups in total. The molecular formula is C17H28N2O3. The number of nitrogens with one attached hydrogen (secondary N) is 1. The molecule has 5 heteroatoms. The largest absolute Gasteiger partial charge is 0.331 e. The van der Waals surface area contributed by atoms with Crippen LogP contribution < -0.4 is 5.32 Å². The summed E-state index contributed by atoms with van der Waals surface area (Å²) in [7, 11) is 0. The van der Waals surface area contributed by atoms with Crippen LogP contribution in [0.2, 0.25) is 0 Å². The van der Waals surface area contributed by atoms with Gasteiger partial charge in [-0.2, -0.15) is 0 Å². The molecule has 5 nitrogen and oxygen atoms in total. The van der Waals surface area contributed by atoms with Gasteiger partial charge in [-0.05, 0) is 12.8 Å². The van der Waals surface area contributed by atoms with Gasteiger partial charge in [0.2, 0.25) is 11.8 Å². The monoisotopic (exact) mass is 308 g/mol. The second kappa shape index (κ2) is 11.0. The van der Waals surface area contributed by atoms with Crippen molar-refractivity contribution in [3.8, 4) is 0 Å². The lowest BCUT2D eigenvalue weighted by molar-refractivity contribution is -0.128. The smallest absolute Gasteiger partial charge is 0.278 e. The van der Waals surface area contributed by atoms with Crippen LogP contribution in [-0.2, 0) is 9.59 Å². The molecule has 1 saturated heterocycles. The Morgan fingerprint density at radius 3 is 1.91 bits per heavy atom. The van der Waals surface area contributed by atoms with E-state index in [1.54, 1.807) is 0 Å². The van der Waals surface area contributed by atoms with Crippen LogP contribution in [-0.4, -0.2) is 29.3 Å². The van der Waals surface area contributed by atoms with Gasteiger partial charge in [-0.3, -0.25) is 19.8 Å². The van der Waals surface area contributed by atoms with E-state index in [2.05, 4.69) is 11.9 Å². The fraction of sp³-hybridized carbons (Fsp3) is 0.706. The van der Waals surface area contributed by atoms with Crippen molar-refractivity contribution in [1.82, 2.24) is 10.2 Å². The van der Waals surface area contributed by atoms with Crippen LogP contribution >= 0.6 is 0 Å². The van der Waals surface area contributed by atoms with Crippen LogP contribution in [0.1, 0.15) is 70.6 Å². The summed E-state index contributed by atoms with van der Waals surface area (Å²) in [6, 6.07) is -0.623. The molecule has 0 aromatic carbocycles. The predicted octanol–water partition coefficient (Wildman–Crippen LogP) is 3.54. The summed E-state index contributed by atoms with van der Waals surface area (Å²) in [5, 5.41) is 2.31. The summed E-state index contributed by atoms with van der Waals surface area (Å²) in [4.78, 5) is 37.0. The molecule has 124 valence electrons. The molecule has 0 radical (unpaired) electrons. The summed E-state index contributed by atoms with van der Waals surface area (Å²) >= 11 is 0. The average molecular weight is 308 g/mol. The lowest BCUT2D eigenvalue weighted by Crippen LogP contribution is -2.46. The second-order valence-corrected chi connectivity index (χ2v) is 5.83. The highest BCUT2D eigenvalue weighted by molar-refractivity contribution is 6.02. The van der Waals surface area contributed by atoms with Gasteiger partial charge in [0.25, 0.3) is 0 Å². The first-order valence-electron chi connectivity index (χ1n) is 8.40. The van der Waals surface area contributed by atoms with E-state index in [1.807, 2.05) is 0 Å². The van der Waals surface area contributed by atoms with E-state index in [-0.39, 0.29) is 18.4 Å². The van der Waals surface area contributed by atoms with Crippen LogP contribution in [0.5, 0.6) is 0 Å². The maximum Gasteiger partial charge on any atom is 0.331 e. The van der Waals surface area contributed by atoms with Crippen molar-refractivity contribution >= 4 is 17.8 Å². The van der Waals surface area contributed by atoms with E-state index in [0.717, 1.165) is 43.4 Å². The molecule has 0 aromatic rings. The Morgan fingerprint density at radius 2 is 1.36 bits per heavy atom. The molecule has 0 aliphatic carbocycles. The molecule has 1 aliphatic rings. The highest BCUT2D eigenvalue weighted by Crippen LogP contribution is 2.12. The molecule has 0 saturated carbocycles. The number of imide groups is 2. The fourth-order valence-electron chi connectivity index (χ4n) is 2.61. The molecule has 1 fully saturated rings. The number of amides is 4. The normalized spacial score (nSPS) is 20.5. The predicted molar refractivity (Wildman–Crippen MR) is 86.2 cm³/mol. The first kappa shape index (κ1) is 18.4. The number of urea groups is 1. The molecule has 1 rings (SSSR count). The van der Waals surface area contributed by atoms with E-state index in [4.69, 9.17) is 0 Å². The van der Waals surface area contributed by atoms with E-state index in [9.17, 15) is 14.4 Å². The second-order valence-electron chi connectivity index (χ2n) is 5.83. The van der Waals surface area contributed by atoms with Crippen molar-refractivity contribution in [3.05, 3.63) is 12.7 Å². The van der Waals surface area contributed by atoms with Gasteiger partial charge >= 0.3 is 6.03 Å². The minimum absolute atomic E-state index is 0.137.